The second-order valence-electron chi connectivity index (χ2n) is 8.00. The van der Waals surface area contributed by atoms with Crippen LogP contribution in [0.3, 0.4) is 0 Å². The van der Waals surface area contributed by atoms with Crippen LogP contribution in [0.25, 0.3) is 22.5 Å². The van der Waals surface area contributed by atoms with Crippen molar-refractivity contribution in [2.45, 2.75) is 31.7 Å². The zero-order chi connectivity index (χ0) is 24.2. The van der Waals surface area contributed by atoms with Gasteiger partial charge in [-0.3, -0.25) is 19.7 Å². The monoisotopic (exact) mass is 508 g/mol. The number of hydrogen-bond acceptors (Lipinski definition) is 4. The van der Waals surface area contributed by atoms with E-state index in [1.807, 2.05) is 0 Å². The average molecular weight is 509 g/mol. The molecule has 3 heterocycles. The zero-order valence-corrected chi connectivity index (χ0v) is 18.6. The lowest BCUT2D eigenvalue weighted by molar-refractivity contribution is -0.202. The van der Waals surface area contributed by atoms with Crippen molar-refractivity contribution in [2.75, 3.05) is 0 Å². The van der Waals surface area contributed by atoms with Crippen LogP contribution < -0.4 is 5.32 Å². The lowest BCUT2D eigenvalue weighted by Crippen LogP contribution is -2.52. The molecule has 3 amide bonds. The number of alkyl halides is 3. The summed E-state index contributed by atoms with van der Waals surface area (Å²) in [4.78, 5) is 41.6. The van der Waals surface area contributed by atoms with Crippen molar-refractivity contribution in [3.63, 3.8) is 0 Å². The maximum absolute atomic E-state index is 15.7. The summed E-state index contributed by atoms with van der Waals surface area (Å²) in [5.41, 5.74) is -0.587. The Bertz CT molecular complexity index is 1340. The van der Waals surface area contributed by atoms with Gasteiger partial charge in [0.05, 0.1) is 17.9 Å². The number of nitrogens with one attached hydrogen (secondary N) is 1. The van der Waals surface area contributed by atoms with E-state index in [-0.39, 0.29) is 70.0 Å². The molecule has 2 aromatic carbocycles. The quantitative estimate of drug-likeness (QED) is 0.428. The second kappa shape index (κ2) is 8.81. The van der Waals surface area contributed by atoms with Gasteiger partial charge in [-0.05, 0) is 18.6 Å². The van der Waals surface area contributed by atoms with Crippen molar-refractivity contribution in [2.24, 2.45) is 0 Å². The second-order valence-corrected chi connectivity index (χ2v) is 8.00. The highest BCUT2D eigenvalue weighted by Crippen LogP contribution is 2.40. The minimum absolute atomic E-state index is 0. The largest absolute Gasteiger partial charge is 0.490 e. The Kier molecular flexibility index (Phi) is 6.14. The Hall–Kier alpha value is -3.73. The number of benzene rings is 2. The Balaban J connectivity index is 0.00000289. The predicted molar refractivity (Wildman–Crippen MR) is 118 cm³/mol. The summed E-state index contributed by atoms with van der Waals surface area (Å²) in [6.07, 6.45) is -4.06. The SMILES string of the molecule is Cl.O=C1CCC(N2Cc3c(ccc(-c4ncn(C(F)(F)F)c4-c4ccccc4)c3F)C2=O)C(=O)N1. The number of aromatic nitrogens is 2. The molecule has 0 aliphatic carbocycles. The van der Waals surface area contributed by atoms with Gasteiger partial charge in [0.1, 0.15) is 18.2 Å². The molecule has 3 aromatic rings. The van der Waals surface area contributed by atoms with Crippen LogP contribution in [0.1, 0.15) is 28.8 Å². The topological polar surface area (TPSA) is 84.3 Å². The summed E-state index contributed by atoms with van der Waals surface area (Å²) in [5, 5.41) is 2.16. The van der Waals surface area contributed by atoms with Crippen LogP contribution in [0.5, 0.6) is 0 Å². The number of nitrogens with zero attached hydrogens (tertiary/aromatic N) is 3. The van der Waals surface area contributed by atoms with E-state index in [1.54, 1.807) is 18.2 Å². The summed E-state index contributed by atoms with van der Waals surface area (Å²) in [6.45, 7) is -0.249. The van der Waals surface area contributed by atoms with E-state index in [2.05, 4.69) is 10.3 Å². The van der Waals surface area contributed by atoms with Crippen molar-refractivity contribution >= 4 is 30.1 Å². The van der Waals surface area contributed by atoms with Crippen LogP contribution in [0.15, 0.2) is 48.8 Å². The molecule has 1 N–H and O–H groups in total. The molecule has 1 saturated heterocycles. The van der Waals surface area contributed by atoms with Crippen molar-refractivity contribution in [3.05, 3.63) is 65.7 Å². The minimum atomic E-state index is -4.79. The van der Waals surface area contributed by atoms with E-state index < -0.39 is 35.9 Å². The summed E-state index contributed by atoms with van der Waals surface area (Å²) in [6, 6.07) is 9.28. The number of piperidine rings is 1. The molecule has 12 heteroatoms. The minimum Gasteiger partial charge on any atom is -0.322 e. The Morgan fingerprint density at radius 3 is 2.34 bits per heavy atom. The van der Waals surface area contributed by atoms with Crippen LogP contribution in [-0.2, 0) is 22.4 Å². The number of amides is 3. The first-order chi connectivity index (χ1) is 16.2. The molecule has 35 heavy (non-hydrogen) atoms. The highest BCUT2D eigenvalue weighted by Gasteiger charge is 2.41. The molecule has 5 rings (SSSR count). The first kappa shape index (κ1) is 24.4. The molecule has 0 saturated carbocycles. The van der Waals surface area contributed by atoms with Gasteiger partial charge in [0, 0.05) is 28.7 Å². The van der Waals surface area contributed by atoms with E-state index in [1.165, 1.54) is 29.2 Å². The summed E-state index contributed by atoms with van der Waals surface area (Å²) in [7, 11) is 0. The van der Waals surface area contributed by atoms with Gasteiger partial charge in [0.15, 0.2) is 0 Å². The van der Waals surface area contributed by atoms with Gasteiger partial charge in [0.2, 0.25) is 11.8 Å². The summed E-state index contributed by atoms with van der Waals surface area (Å²) in [5.74, 6) is -2.56. The van der Waals surface area contributed by atoms with Gasteiger partial charge < -0.3 is 4.90 Å². The fourth-order valence-electron chi connectivity index (χ4n) is 4.40. The molecule has 1 fully saturated rings. The van der Waals surface area contributed by atoms with Crippen molar-refractivity contribution in [3.8, 4) is 22.5 Å². The summed E-state index contributed by atoms with van der Waals surface area (Å²) >= 11 is 0. The third kappa shape index (κ3) is 4.05. The highest BCUT2D eigenvalue weighted by molar-refractivity contribution is 6.05. The van der Waals surface area contributed by atoms with E-state index in [0.717, 1.165) is 0 Å². The third-order valence-corrected chi connectivity index (χ3v) is 5.99. The molecule has 1 aromatic heterocycles. The molecule has 0 radical (unpaired) electrons. The Morgan fingerprint density at radius 1 is 1.00 bits per heavy atom. The number of carbonyl (C=O) groups is 3. The lowest BCUT2D eigenvalue weighted by Gasteiger charge is -2.29. The fourth-order valence-corrected chi connectivity index (χ4v) is 4.40. The number of halogens is 5. The highest BCUT2D eigenvalue weighted by atomic mass is 35.5. The Labute approximate surface area is 202 Å². The first-order valence-electron chi connectivity index (χ1n) is 10.3. The van der Waals surface area contributed by atoms with E-state index in [0.29, 0.717) is 6.33 Å². The maximum Gasteiger partial charge on any atom is 0.490 e. The maximum atomic E-state index is 15.7. The number of fused-ring (bicyclic) bond motifs is 1. The number of carbonyl (C=O) groups excluding carboxylic acids is 3. The molecule has 7 nitrogen and oxygen atoms in total. The van der Waals surface area contributed by atoms with Gasteiger partial charge in [-0.2, -0.15) is 0 Å². The number of rotatable bonds is 3. The van der Waals surface area contributed by atoms with Crippen molar-refractivity contribution < 1.29 is 31.9 Å². The first-order valence-corrected chi connectivity index (χ1v) is 10.3. The van der Waals surface area contributed by atoms with Crippen LogP contribution >= 0.6 is 12.4 Å². The van der Waals surface area contributed by atoms with Crippen LogP contribution in [-0.4, -0.2) is 38.2 Å². The summed E-state index contributed by atoms with van der Waals surface area (Å²) < 4.78 is 56.7. The molecule has 1 atom stereocenters. The average Bonchev–Trinajstić information content (AvgIpc) is 3.37. The molecule has 2 aliphatic heterocycles. The van der Waals surface area contributed by atoms with E-state index in [9.17, 15) is 27.6 Å². The number of imidazole rings is 1. The van der Waals surface area contributed by atoms with Gasteiger partial charge in [-0.15, -0.1) is 25.6 Å². The fraction of sp³-hybridized carbons (Fsp3) is 0.217. The zero-order valence-electron chi connectivity index (χ0n) is 17.8. The van der Waals surface area contributed by atoms with E-state index >= 15 is 4.39 Å². The van der Waals surface area contributed by atoms with Gasteiger partial charge in [0.25, 0.3) is 5.91 Å². The smallest absolute Gasteiger partial charge is 0.322 e. The molecule has 2 aliphatic rings. The Morgan fingerprint density at radius 2 is 1.69 bits per heavy atom. The van der Waals surface area contributed by atoms with Crippen molar-refractivity contribution in [1.29, 1.82) is 0 Å². The number of hydrogen-bond donors (Lipinski definition) is 1. The normalized spacial score (nSPS) is 17.8. The van der Waals surface area contributed by atoms with Gasteiger partial charge in [-0.25, -0.2) is 13.9 Å². The van der Waals surface area contributed by atoms with Crippen LogP contribution in [0.4, 0.5) is 17.6 Å². The van der Waals surface area contributed by atoms with Crippen LogP contribution in [0.2, 0.25) is 0 Å². The standard InChI is InChI=1S/C23H16F4N4O3.ClH/c24-18-14(19-20(12-4-2-1-3-5-12)31(11-28-19)23(25,26)27)7-6-13-15(18)10-30(22(13)34)16-8-9-17(32)29-21(16)33;/h1-7,11,16H,8-10H2,(H,29,32,33);1H. The molecule has 182 valence electrons. The van der Waals surface area contributed by atoms with Crippen LogP contribution in [0, 0.1) is 5.82 Å². The van der Waals surface area contributed by atoms with Crippen molar-refractivity contribution in [1.82, 2.24) is 19.8 Å². The van der Waals surface area contributed by atoms with Gasteiger partial charge in [-0.1, -0.05) is 30.3 Å². The van der Waals surface area contributed by atoms with E-state index in [4.69, 9.17) is 0 Å². The third-order valence-electron chi connectivity index (χ3n) is 5.99. The molecule has 0 bridgehead atoms. The lowest BCUT2D eigenvalue weighted by atomic mass is 9.99. The molecule has 0 spiro atoms. The number of imide groups is 1. The molecular formula is C23H17ClF4N4O3. The predicted octanol–water partition coefficient (Wildman–Crippen LogP) is 4.02. The molecular weight excluding hydrogens is 492 g/mol. The molecule has 1 unspecified atom stereocenters. The van der Waals surface area contributed by atoms with Gasteiger partial charge >= 0.3 is 6.30 Å².